The smallest absolute Gasteiger partial charge is 0.328 e. The second-order valence-corrected chi connectivity index (χ2v) is 3.06. The maximum atomic E-state index is 10.3. The largest absolute Gasteiger partial charge is 0.503 e. The van der Waals surface area contributed by atoms with Gasteiger partial charge in [-0.05, 0) is 30.7 Å². The molecule has 5 nitrogen and oxygen atoms in total. The van der Waals surface area contributed by atoms with Crippen molar-refractivity contribution in [1.82, 2.24) is 0 Å². The number of rotatable bonds is 4. The molecule has 0 atom stereocenters. The number of aromatic hydroxyl groups is 1. The van der Waals surface area contributed by atoms with Crippen molar-refractivity contribution in [2.75, 3.05) is 12.3 Å². The Kier molecular flexibility index (Phi) is 3.77. The quantitative estimate of drug-likeness (QED) is 0.408. The van der Waals surface area contributed by atoms with E-state index < -0.39 is 5.97 Å². The molecule has 1 aromatic rings. The van der Waals surface area contributed by atoms with E-state index in [1.54, 1.807) is 6.92 Å². The minimum atomic E-state index is -1.05. The van der Waals surface area contributed by atoms with Gasteiger partial charge in [0.05, 0.1) is 12.3 Å². The number of hydrogen-bond acceptors (Lipinski definition) is 4. The molecule has 16 heavy (non-hydrogen) atoms. The Balaban J connectivity index is 3.08. The lowest BCUT2D eigenvalue weighted by Crippen LogP contribution is -1.96. The molecule has 0 aliphatic carbocycles. The first-order valence-corrected chi connectivity index (χ1v) is 4.71. The maximum Gasteiger partial charge on any atom is 0.328 e. The van der Waals surface area contributed by atoms with Crippen molar-refractivity contribution in [1.29, 1.82) is 0 Å². The SMILES string of the molecule is CCOc1cc(/C=C/C(=O)O)cc(N)c1O. The zero-order valence-electron chi connectivity index (χ0n) is 8.80. The predicted molar refractivity (Wildman–Crippen MR) is 60.4 cm³/mol. The van der Waals surface area contributed by atoms with Gasteiger partial charge >= 0.3 is 5.97 Å². The Morgan fingerprint density at radius 2 is 2.25 bits per heavy atom. The number of hydrogen-bond donors (Lipinski definition) is 3. The molecule has 0 heterocycles. The highest BCUT2D eigenvalue weighted by Crippen LogP contribution is 2.33. The van der Waals surface area contributed by atoms with Crippen molar-refractivity contribution < 1.29 is 19.7 Å². The van der Waals surface area contributed by atoms with E-state index in [0.29, 0.717) is 12.2 Å². The van der Waals surface area contributed by atoms with Crippen LogP contribution in [0.1, 0.15) is 12.5 Å². The topological polar surface area (TPSA) is 92.8 Å². The van der Waals surface area contributed by atoms with E-state index in [1.807, 2.05) is 0 Å². The van der Waals surface area contributed by atoms with Gasteiger partial charge in [0.25, 0.3) is 0 Å². The average molecular weight is 223 g/mol. The molecule has 0 saturated heterocycles. The Labute approximate surface area is 92.8 Å². The van der Waals surface area contributed by atoms with Gasteiger partial charge < -0.3 is 20.7 Å². The van der Waals surface area contributed by atoms with Gasteiger partial charge in [-0.3, -0.25) is 0 Å². The summed E-state index contributed by atoms with van der Waals surface area (Å²) in [5.41, 5.74) is 6.25. The van der Waals surface area contributed by atoms with Gasteiger partial charge in [-0.1, -0.05) is 0 Å². The lowest BCUT2D eigenvalue weighted by Gasteiger charge is -2.08. The van der Waals surface area contributed by atoms with Crippen LogP contribution in [-0.4, -0.2) is 22.8 Å². The third kappa shape index (κ3) is 2.91. The van der Waals surface area contributed by atoms with Crippen molar-refractivity contribution in [3.05, 3.63) is 23.8 Å². The molecular formula is C11H13NO4. The third-order valence-corrected chi connectivity index (χ3v) is 1.84. The van der Waals surface area contributed by atoms with E-state index >= 15 is 0 Å². The minimum Gasteiger partial charge on any atom is -0.503 e. The van der Waals surface area contributed by atoms with Crippen LogP contribution >= 0.6 is 0 Å². The summed E-state index contributed by atoms with van der Waals surface area (Å²) in [6, 6.07) is 2.99. The van der Waals surface area contributed by atoms with Crippen LogP contribution < -0.4 is 10.5 Å². The molecule has 0 bridgehead atoms. The number of benzene rings is 1. The van der Waals surface area contributed by atoms with Gasteiger partial charge in [0, 0.05) is 6.08 Å². The van der Waals surface area contributed by atoms with Crippen molar-refractivity contribution in [3.63, 3.8) is 0 Å². The van der Waals surface area contributed by atoms with Crippen LogP contribution in [0, 0.1) is 0 Å². The van der Waals surface area contributed by atoms with Gasteiger partial charge in [-0.25, -0.2) is 4.79 Å². The lowest BCUT2D eigenvalue weighted by molar-refractivity contribution is -0.131. The van der Waals surface area contributed by atoms with Crippen LogP contribution in [0.5, 0.6) is 11.5 Å². The summed E-state index contributed by atoms with van der Waals surface area (Å²) in [5, 5.41) is 18.0. The summed E-state index contributed by atoms with van der Waals surface area (Å²) in [7, 11) is 0. The third-order valence-electron chi connectivity index (χ3n) is 1.84. The Bertz CT molecular complexity index is 426. The minimum absolute atomic E-state index is 0.130. The van der Waals surface area contributed by atoms with E-state index in [-0.39, 0.29) is 17.2 Å². The lowest BCUT2D eigenvalue weighted by atomic mass is 10.1. The van der Waals surface area contributed by atoms with Crippen molar-refractivity contribution in [2.24, 2.45) is 0 Å². The van der Waals surface area contributed by atoms with E-state index in [4.69, 9.17) is 15.6 Å². The monoisotopic (exact) mass is 223 g/mol. The highest BCUT2D eigenvalue weighted by molar-refractivity contribution is 5.85. The summed E-state index contributed by atoms with van der Waals surface area (Å²) >= 11 is 0. The molecule has 1 rings (SSSR count). The summed E-state index contributed by atoms with van der Waals surface area (Å²) < 4.78 is 5.15. The maximum absolute atomic E-state index is 10.3. The molecule has 0 unspecified atom stereocenters. The number of nitrogen functional groups attached to an aromatic ring is 1. The Morgan fingerprint density at radius 1 is 1.56 bits per heavy atom. The fraction of sp³-hybridized carbons (Fsp3) is 0.182. The second-order valence-electron chi connectivity index (χ2n) is 3.06. The second kappa shape index (κ2) is 5.06. The standard InChI is InChI=1S/C11H13NO4/c1-2-16-9-6-7(3-4-10(13)14)5-8(12)11(9)15/h3-6,15H,2,12H2,1H3,(H,13,14)/b4-3+. The Morgan fingerprint density at radius 3 is 2.81 bits per heavy atom. The molecule has 0 radical (unpaired) electrons. The molecule has 0 amide bonds. The number of nitrogens with two attached hydrogens (primary N) is 1. The molecule has 1 aromatic carbocycles. The number of carboxylic acid groups (broad SMARTS) is 1. The zero-order chi connectivity index (χ0) is 12.1. The molecule has 86 valence electrons. The molecule has 0 aliphatic heterocycles. The van der Waals surface area contributed by atoms with Crippen molar-refractivity contribution in [3.8, 4) is 11.5 Å². The summed E-state index contributed by atoms with van der Waals surface area (Å²) in [5.74, 6) is -0.938. The van der Waals surface area contributed by atoms with Gasteiger partial charge in [-0.2, -0.15) is 0 Å². The van der Waals surface area contributed by atoms with E-state index in [1.165, 1.54) is 18.2 Å². The molecular weight excluding hydrogens is 210 g/mol. The van der Waals surface area contributed by atoms with Crippen molar-refractivity contribution in [2.45, 2.75) is 6.92 Å². The number of ether oxygens (including phenoxy) is 1. The summed E-state index contributed by atoms with van der Waals surface area (Å²) in [6.07, 6.45) is 2.36. The van der Waals surface area contributed by atoms with E-state index in [0.717, 1.165) is 6.08 Å². The highest BCUT2D eigenvalue weighted by atomic mass is 16.5. The molecule has 5 heteroatoms. The van der Waals surface area contributed by atoms with Crippen LogP contribution in [0.2, 0.25) is 0 Å². The first-order valence-electron chi connectivity index (χ1n) is 4.71. The fourth-order valence-corrected chi connectivity index (χ4v) is 1.18. The number of phenols is 1. The van der Waals surface area contributed by atoms with Gasteiger partial charge in [0.2, 0.25) is 0 Å². The van der Waals surface area contributed by atoms with Crippen LogP contribution in [0.4, 0.5) is 5.69 Å². The number of carboxylic acids is 1. The highest BCUT2D eigenvalue weighted by Gasteiger charge is 2.07. The van der Waals surface area contributed by atoms with E-state index in [9.17, 15) is 9.90 Å². The predicted octanol–water partition coefficient (Wildman–Crippen LogP) is 1.47. The first kappa shape index (κ1) is 11.9. The Hall–Kier alpha value is -2.17. The first-order chi connectivity index (χ1) is 7.54. The normalized spacial score (nSPS) is 10.6. The van der Waals surface area contributed by atoms with Crippen LogP contribution in [0.15, 0.2) is 18.2 Å². The molecule has 0 aromatic heterocycles. The summed E-state index contributed by atoms with van der Waals surface area (Å²) in [4.78, 5) is 10.3. The van der Waals surface area contributed by atoms with Crippen LogP contribution in [0.25, 0.3) is 6.08 Å². The average Bonchev–Trinajstić information content (AvgIpc) is 2.22. The molecule has 0 aliphatic rings. The van der Waals surface area contributed by atoms with Crippen molar-refractivity contribution >= 4 is 17.7 Å². The van der Waals surface area contributed by atoms with Gasteiger partial charge in [-0.15, -0.1) is 0 Å². The molecule has 0 fully saturated rings. The van der Waals surface area contributed by atoms with Gasteiger partial charge in [0.15, 0.2) is 11.5 Å². The van der Waals surface area contributed by atoms with E-state index in [2.05, 4.69) is 0 Å². The number of carbonyl (C=O) groups is 1. The molecule has 4 N–H and O–H groups in total. The zero-order valence-corrected chi connectivity index (χ0v) is 8.80. The number of aliphatic carboxylic acids is 1. The fourth-order valence-electron chi connectivity index (χ4n) is 1.18. The van der Waals surface area contributed by atoms with Crippen LogP contribution in [0.3, 0.4) is 0 Å². The number of anilines is 1. The molecule has 0 saturated carbocycles. The number of phenolic OH excluding ortho intramolecular Hbond substituents is 1. The van der Waals surface area contributed by atoms with Crippen LogP contribution in [-0.2, 0) is 4.79 Å². The molecule has 0 spiro atoms. The van der Waals surface area contributed by atoms with Gasteiger partial charge in [0.1, 0.15) is 0 Å². The summed E-state index contributed by atoms with van der Waals surface area (Å²) in [6.45, 7) is 2.16.